The van der Waals surface area contributed by atoms with Gasteiger partial charge in [0.1, 0.15) is 22.7 Å². The molecule has 0 radical (unpaired) electrons. The van der Waals surface area contributed by atoms with Crippen LogP contribution >= 0.6 is 0 Å². The van der Waals surface area contributed by atoms with E-state index in [0.717, 1.165) is 60.7 Å². The first-order valence-electron chi connectivity index (χ1n) is 13.1. The monoisotopic (exact) mass is 475 g/mol. The first-order chi connectivity index (χ1) is 16.8. The maximum Gasteiger partial charge on any atom is 0.307 e. The van der Waals surface area contributed by atoms with Crippen molar-refractivity contribution in [2.45, 2.75) is 71.4 Å². The van der Waals surface area contributed by atoms with E-state index in [4.69, 9.17) is 13.9 Å². The number of hydrogen-bond acceptors (Lipinski definition) is 5. The Morgan fingerprint density at radius 3 is 2.69 bits per heavy atom. The zero-order chi connectivity index (χ0) is 24.4. The van der Waals surface area contributed by atoms with Crippen LogP contribution in [0.3, 0.4) is 0 Å². The van der Waals surface area contributed by atoms with E-state index in [9.17, 15) is 4.79 Å². The molecule has 0 unspecified atom stereocenters. The van der Waals surface area contributed by atoms with Gasteiger partial charge in [-0.25, -0.2) is 0 Å². The highest BCUT2D eigenvalue weighted by Gasteiger charge is 2.21. The van der Waals surface area contributed by atoms with Gasteiger partial charge in [-0.15, -0.1) is 0 Å². The Bertz CT molecular complexity index is 1180. The summed E-state index contributed by atoms with van der Waals surface area (Å²) in [6.45, 7) is 9.07. The third-order valence-electron chi connectivity index (χ3n) is 7.08. The van der Waals surface area contributed by atoms with Gasteiger partial charge in [0.15, 0.2) is 0 Å². The average molecular weight is 476 g/mol. The van der Waals surface area contributed by atoms with E-state index in [1.54, 1.807) is 0 Å². The number of nitrogens with zero attached hydrogens (tertiary/aromatic N) is 1. The van der Waals surface area contributed by atoms with Crippen LogP contribution in [0.2, 0.25) is 0 Å². The minimum atomic E-state index is -0.428. The van der Waals surface area contributed by atoms with Gasteiger partial charge in [-0.1, -0.05) is 25.0 Å². The molecule has 2 heterocycles. The van der Waals surface area contributed by atoms with E-state index in [1.165, 1.54) is 36.8 Å². The van der Waals surface area contributed by atoms with Crippen molar-refractivity contribution in [2.75, 3.05) is 19.7 Å². The van der Waals surface area contributed by atoms with E-state index in [2.05, 4.69) is 35.2 Å². The Kier molecular flexibility index (Phi) is 6.88. The van der Waals surface area contributed by atoms with Gasteiger partial charge < -0.3 is 13.9 Å². The molecule has 2 aliphatic rings. The van der Waals surface area contributed by atoms with Crippen LogP contribution in [-0.4, -0.2) is 36.2 Å². The predicted molar refractivity (Wildman–Crippen MR) is 139 cm³/mol. The quantitative estimate of drug-likeness (QED) is 0.353. The van der Waals surface area contributed by atoms with Crippen molar-refractivity contribution >= 4 is 16.9 Å². The summed E-state index contributed by atoms with van der Waals surface area (Å²) in [5.41, 5.74) is 4.25. The van der Waals surface area contributed by atoms with Gasteiger partial charge in [0.25, 0.3) is 0 Å². The number of hydrogen-bond donors (Lipinski definition) is 0. The second-order valence-electron chi connectivity index (χ2n) is 11.1. The minimum absolute atomic E-state index is 0.129. The molecule has 0 atom stereocenters. The first kappa shape index (κ1) is 23.9. The van der Waals surface area contributed by atoms with E-state index in [-0.39, 0.29) is 5.97 Å². The Morgan fingerprint density at radius 2 is 1.89 bits per heavy atom. The smallest absolute Gasteiger partial charge is 0.307 e. The molecule has 0 saturated heterocycles. The Hall–Kier alpha value is -2.79. The summed E-state index contributed by atoms with van der Waals surface area (Å²) in [5.74, 6) is 2.39. The molecule has 1 saturated carbocycles. The summed E-state index contributed by atoms with van der Waals surface area (Å²) in [5, 5.41) is 1.08. The third-order valence-corrected chi connectivity index (χ3v) is 7.08. The third kappa shape index (κ3) is 6.07. The van der Waals surface area contributed by atoms with E-state index < -0.39 is 5.60 Å². The zero-order valence-corrected chi connectivity index (χ0v) is 21.3. The van der Waals surface area contributed by atoms with Crippen molar-refractivity contribution in [1.82, 2.24) is 4.90 Å². The molecule has 5 rings (SSSR count). The standard InChI is InChI=1S/C30H37NO4/c1-30(2,3)35-29(32)13-15-31-14-12-22-16-23(8-9-24(22)19-31)28-18-25-17-26(10-11-27(25)34-28)33-20-21-6-4-5-7-21/h8-11,16-18,21H,4-7,12-15,19-20H2,1-3H3. The van der Waals surface area contributed by atoms with Gasteiger partial charge in [0.2, 0.25) is 0 Å². The van der Waals surface area contributed by atoms with Crippen LogP contribution in [-0.2, 0) is 22.5 Å². The highest BCUT2D eigenvalue weighted by molar-refractivity contribution is 5.84. The van der Waals surface area contributed by atoms with Gasteiger partial charge in [-0.05, 0) is 87.4 Å². The van der Waals surface area contributed by atoms with E-state index >= 15 is 0 Å². The lowest BCUT2D eigenvalue weighted by Gasteiger charge is -2.29. The number of benzene rings is 2. The molecule has 0 N–H and O–H groups in total. The van der Waals surface area contributed by atoms with Gasteiger partial charge in [-0.2, -0.15) is 0 Å². The molecule has 186 valence electrons. The largest absolute Gasteiger partial charge is 0.493 e. The Balaban J connectivity index is 1.22. The summed E-state index contributed by atoms with van der Waals surface area (Å²) in [6.07, 6.45) is 6.65. The van der Waals surface area contributed by atoms with Crippen LogP contribution in [0.1, 0.15) is 64.0 Å². The molecule has 1 aliphatic carbocycles. The van der Waals surface area contributed by atoms with Gasteiger partial charge >= 0.3 is 5.97 Å². The normalized spacial score (nSPS) is 17.0. The molecule has 2 aromatic carbocycles. The molecule has 1 aromatic heterocycles. The minimum Gasteiger partial charge on any atom is -0.493 e. The topological polar surface area (TPSA) is 51.9 Å². The molecule has 0 spiro atoms. The number of furan rings is 1. The molecular formula is C30H37NO4. The number of carbonyl (C=O) groups is 1. The fraction of sp³-hybridized carbons (Fsp3) is 0.500. The van der Waals surface area contributed by atoms with Crippen molar-refractivity contribution in [2.24, 2.45) is 5.92 Å². The van der Waals surface area contributed by atoms with Crippen molar-refractivity contribution < 1.29 is 18.7 Å². The summed E-state index contributed by atoms with van der Waals surface area (Å²) in [4.78, 5) is 14.4. The van der Waals surface area contributed by atoms with E-state index in [0.29, 0.717) is 12.3 Å². The SMILES string of the molecule is CC(C)(C)OC(=O)CCN1CCc2cc(-c3cc4cc(OCC5CCCC5)ccc4o3)ccc2C1. The highest BCUT2D eigenvalue weighted by atomic mass is 16.6. The van der Waals surface area contributed by atoms with Crippen molar-refractivity contribution in [3.8, 4) is 17.1 Å². The second-order valence-corrected chi connectivity index (χ2v) is 11.1. The van der Waals surface area contributed by atoms with Crippen molar-refractivity contribution in [1.29, 1.82) is 0 Å². The number of esters is 1. The van der Waals surface area contributed by atoms with Crippen LogP contribution in [0.5, 0.6) is 5.75 Å². The lowest BCUT2D eigenvalue weighted by molar-refractivity contribution is -0.155. The van der Waals surface area contributed by atoms with Crippen molar-refractivity contribution in [3.63, 3.8) is 0 Å². The lowest BCUT2D eigenvalue weighted by Crippen LogP contribution is -2.33. The number of carbonyl (C=O) groups excluding carboxylic acids is 1. The van der Waals surface area contributed by atoms with Crippen LogP contribution < -0.4 is 4.74 Å². The molecule has 35 heavy (non-hydrogen) atoms. The van der Waals surface area contributed by atoms with Gasteiger partial charge in [0.05, 0.1) is 13.0 Å². The molecule has 0 amide bonds. The number of rotatable bonds is 7. The van der Waals surface area contributed by atoms with E-state index in [1.807, 2.05) is 32.9 Å². The van der Waals surface area contributed by atoms with Crippen LogP contribution in [0.15, 0.2) is 46.9 Å². The Labute approximate surface area is 208 Å². The molecule has 5 heteroatoms. The van der Waals surface area contributed by atoms with Crippen LogP contribution in [0, 0.1) is 5.92 Å². The van der Waals surface area contributed by atoms with Gasteiger partial charge in [-0.3, -0.25) is 9.69 Å². The molecule has 1 aliphatic heterocycles. The maximum absolute atomic E-state index is 12.1. The highest BCUT2D eigenvalue weighted by Crippen LogP contribution is 2.33. The summed E-state index contributed by atoms with van der Waals surface area (Å²) in [6, 6.07) is 14.9. The van der Waals surface area contributed by atoms with Gasteiger partial charge in [0, 0.05) is 30.6 Å². The number of ether oxygens (including phenoxy) is 2. The summed E-state index contributed by atoms with van der Waals surface area (Å²) < 4.78 is 17.7. The summed E-state index contributed by atoms with van der Waals surface area (Å²) in [7, 11) is 0. The molecule has 0 bridgehead atoms. The molecule has 1 fully saturated rings. The molecular weight excluding hydrogens is 438 g/mol. The Morgan fingerprint density at radius 1 is 1.06 bits per heavy atom. The molecule has 3 aromatic rings. The maximum atomic E-state index is 12.1. The van der Waals surface area contributed by atoms with Crippen LogP contribution in [0.4, 0.5) is 0 Å². The number of fused-ring (bicyclic) bond motifs is 2. The fourth-order valence-corrected chi connectivity index (χ4v) is 5.24. The molecule has 5 nitrogen and oxygen atoms in total. The average Bonchev–Trinajstić information content (AvgIpc) is 3.49. The lowest BCUT2D eigenvalue weighted by atomic mass is 9.96. The predicted octanol–water partition coefficient (Wildman–Crippen LogP) is 6.76. The summed E-state index contributed by atoms with van der Waals surface area (Å²) >= 11 is 0. The second kappa shape index (κ2) is 10.1. The first-order valence-corrected chi connectivity index (χ1v) is 13.1. The van der Waals surface area contributed by atoms with Crippen molar-refractivity contribution in [3.05, 3.63) is 53.6 Å². The zero-order valence-electron chi connectivity index (χ0n) is 21.3. The van der Waals surface area contributed by atoms with Crippen LogP contribution in [0.25, 0.3) is 22.3 Å². The fourth-order valence-electron chi connectivity index (χ4n) is 5.24.